The van der Waals surface area contributed by atoms with Crippen LogP contribution in [-0.2, 0) is 42.9 Å². The highest BCUT2D eigenvalue weighted by Gasteiger charge is 2.48. The molecule has 0 aromatic rings. The van der Waals surface area contributed by atoms with Gasteiger partial charge in [-0.25, -0.2) is 0 Å². The number of esters is 4. The largest absolute Gasteiger partial charge is 0.462 e. The summed E-state index contributed by atoms with van der Waals surface area (Å²) in [6.45, 7) is 20.1. The van der Waals surface area contributed by atoms with Crippen molar-refractivity contribution in [3.63, 3.8) is 0 Å². The SMILES string of the molecule is CC(C)(C)C(=O)OC[C@H]1OC(OC(=O)C(C)(C)C)C[C@@H](OC(=O)C(C)(C)C)[C@H]1OC(=O)C(C)(C)C. The predicted octanol–water partition coefficient (Wildman–Crippen LogP) is 4.20. The zero-order valence-electron chi connectivity index (χ0n) is 23.4. The van der Waals surface area contributed by atoms with E-state index in [1.165, 1.54) is 0 Å². The lowest BCUT2D eigenvalue weighted by molar-refractivity contribution is -0.267. The van der Waals surface area contributed by atoms with Crippen molar-refractivity contribution in [2.75, 3.05) is 6.61 Å². The molecule has 0 aromatic heterocycles. The van der Waals surface area contributed by atoms with Crippen LogP contribution in [0.15, 0.2) is 0 Å². The summed E-state index contributed by atoms with van der Waals surface area (Å²) in [4.78, 5) is 50.5. The molecular formula is C26H44O9. The fraction of sp³-hybridized carbons (Fsp3) is 0.846. The van der Waals surface area contributed by atoms with Crippen molar-refractivity contribution in [1.82, 2.24) is 0 Å². The summed E-state index contributed by atoms with van der Waals surface area (Å²) < 4.78 is 28.5. The Morgan fingerprint density at radius 1 is 0.629 bits per heavy atom. The Hall–Kier alpha value is -2.16. The monoisotopic (exact) mass is 500 g/mol. The van der Waals surface area contributed by atoms with Crippen molar-refractivity contribution in [3.05, 3.63) is 0 Å². The molecule has 1 saturated heterocycles. The summed E-state index contributed by atoms with van der Waals surface area (Å²) in [5.41, 5.74) is -3.25. The Balaban J connectivity index is 3.34. The summed E-state index contributed by atoms with van der Waals surface area (Å²) in [5, 5.41) is 0. The molecule has 35 heavy (non-hydrogen) atoms. The second-order valence-electron chi connectivity index (χ2n) is 13.2. The zero-order valence-corrected chi connectivity index (χ0v) is 23.4. The normalized spacial score (nSPS) is 23.8. The Kier molecular flexibility index (Phi) is 9.57. The lowest BCUT2D eigenvalue weighted by Crippen LogP contribution is -2.56. The Morgan fingerprint density at radius 3 is 1.46 bits per heavy atom. The van der Waals surface area contributed by atoms with Gasteiger partial charge >= 0.3 is 23.9 Å². The third kappa shape index (κ3) is 9.43. The van der Waals surface area contributed by atoms with Crippen molar-refractivity contribution in [2.24, 2.45) is 21.7 Å². The van der Waals surface area contributed by atoms with Crippen LogP contribution in [0.1, 0.15) is 89.5 Å². The Labute approximate surface area is 209 Å². The van der Waals surface area contributed by atoms with Crippen LogP contribution in [0.25, 0.3) is 0 Å². The maximum atomic E-state index is 12.8. The minimum Gasteiger partial charge on any atom is -0.462 e. The van der Waals surface area contributed by atoms with Gasteiger partial charge in [-0.15, -0.1) is 0 Å². The van der Waals surface area contributed by atoms with Crippen LogP contribution in [0, 0.1) is 21.7 Å². The Bertz CT molecular complexity index is 788. The predicted molar refractivity (Wildman–Crippen MR) is 128 cm³/mol. The van der Waals surface area contributed by atoms with Gasteiger partial charge in [0.2, 0.25) is 6.29 Å². The van der Waals surface area contributed by atoms with Gasteiger partial charge in [0.1, 0.15) is 18.8 Å². The van der Waals surface area contributed by atoms with Crippen LogP contribution in [0.2, 0.25) is 0 Å². The van der Waals surface area contributed by atoms with E-state index in [4.69, 9.17) is 23.7 Å². The second kappa shape index (κ2) is 10.8. The van der Waals surface area contributed by atoms with E-state index in [-0.39, 0.29) is 13.0 Å². The number of hydrogen-bond donors (Lipinski definition) is 0. The van der Waals surface area contributed by atoms with Crippen LogP contribution >= 0.6 is 0 Å². The van der Waals surface area contributed by atoms with Crippen LogP contribution in [0.5, 0.6) is 0 Å². The molecule has 1 rings (SSSR count). The second-order valence-corrected chi connectivity index (χ2v) is 13.2. The highest BCUT2D eigenvalue weighted by atomic mass is 16.7. The van der Waals surface area contributed by atoms with Gasteiger partial charge in [-0.2, -0.15) is 0 Å². The molecule has 0 radical (unpaired) electrons. The van der Waals surface area contributed by atoms with Crippen molar-refractivity contribution in [2.45, 2.75) is 114 Å². The third-order valence-electron chi connectivity index (χ3n) is 5.05. The maximum absolute atomic E-state index is 12.8. The van der Waals surface area contributed by atoms with E-state index in [9.17, 15) is 19.2 Å². The van der Waals surface area contributed by atoms with E-state index in [1.807, 2.05) is 0 Å². The topological polar surface area (TPSA) is 114 Å². The maximum Gasteiger partial charge on any atom is 0.313 e. The minimum absolute atomic E-state index is 0.0462. The number of ether oxygens (including phenoxy) is 5. The molecule has 0 aliphatic carbocycles. The average molecular weight is 501 g/mol. The summed E-state index contributed by atoms with van der Waals surface area (Å²) in [5.74, 6) is -2.06. The van der Waals surface area contributed by atoms with Gasteiger partial charge < -0.3 is 23.7 Å². The van der Waals surface area contributed by atoms with E-state index in [0.717, 1.165) is 0 Å². The van der Waals surface area contributed by atoms with Gasteiger partial charge in [0.05, 0.1) is 28.1 Å². The molecule has 9 nitrogen and oxygen atoms in total. The van der Waals surface area contributed by atoms with Crippen LogP contribution < -0.4 is 0 Å². The van der Waals surface area contributed by atoms with E-state index in [1.54, 1.807) is 83.1 Å². The first-order valence-electron chi connectivity index (χ1n) is 12.0. The van der Waals surface area contributed by atoms with Crippen LogP contribution in [-0.4, -0.2) is 55.1 Å². The van der Waals surface area contributed by atoms with Crippen molar-refractivity contribution in [1.29, 1.82) is 0 Å². The molecule has 1 unspecified atom stereocenters. The van der Waals surface area contributed by atoms with Gasteiger partial charge in [-0.1, -0.05) is 0 Å². The number of carbonyl (C=O) groups excluding carboxylic acids is 4. The fourth-order valence-corrected chi connectivity index (χ4v) is 2.65. The highest BCUT2D eigenvalue weighted by Crippen LogP contribution is 2.32. The summed E-state index contributed by atoms with van der Waals surface area (Å²) in [7, 11) is 0. The molecule has 4 atom stereocenters. The molecule has 0 amide bonds. The lowest BCUT2D eigenvalue weighted by atomic mass is 9.94. The minimum atomic E-state index is -1.09. The molecule has 9 heteroatoms. The molecule has 1 aliphatic rings. The average Bonchev–Trinajstić information content (AvgIpc) is 2.64. The number of rotatable bonds is 5. The zero-order chi connectivity index (χ0) is 27.6. The van der Waals surface area contributed by atoms with E-state index in [2.05, 4.69) is 0 Å². The van der Waals surface area contributed by atoms with E-state index < -0.39 is 70.1 Å². The van der Waals surface area contributed by atoms with Gasteiger partial charge in [0.15, 0.2) is 6.10 Å². The van der Waals surface area contributed by atoms with Gasteiger partial charge in [0, 0.05) is 0 Å². The standard InChI is InChI=1S/C26H44O9/c1-23(2,3)19(27)31-14-16-18(35-22(30)26(10,11)12)15(33-20(28)24(4,5)6)13-17(32-16)34-21(29)25(7,8)9/h15-18H,13-14H2,1-12H3/t15-,16-,17?,18-/m1/s1. The van der Waals surface area contributed by atoms with Crippen LogP contribution in [0.3, 0.4) is 0 Å². The van der Waals surface area contributed by atoms with Crippen LogP contribution in [0.4, 0.5) is 0 Å². The summed E-state index contributed by atoms with van der Waals surface area (Å²) in [6, 6.07) is 0. The first-order chi connectivity index (χ1) is 15.5. The molecule has 0 saturated carbocycles. The van der Waals surface area contributed by atoms with E-state index in [0.29, 0.717) is 0 Å². The molecular weight excluding hydrogens is 456 g/mol. The molecule has 1 fully saturated rings. The fourth-order valence-electron chi connectivity index (χ4n) is 2.65. The molecule has 1 heterocycles. The third-order valence-corrected chi connectivity index (χ3v) is 5.05. The molecule has 0 bridgehead atoms. The van der Waals surface area contributed by atoms with E-state index >= 15 is 0 Å². The van der Waals surface area contributed by atoms with Crippen molar-refractivity contribution >= 4 is 23.9 Å². The lowest BCUT2D eigenvalue weighted by Gasteiger charge is -2.41. The van der Waals surface area contributed by atoms with Gasteiger partial charge in [0.25, 0.3) is 0 Å². The first-order valence-corrected chi connectivity index (χ1v) is 12.0. The first kappa shape index (κ1) is 30.9. The van der Waals surface area contributed by atoms with Crippen molar-refractivity contribution in [3.8, 4) is 0 Å². The summed E-state index contributed by atoms with van der Waals surface area (Å²) in [6.07, 6.45) is -4.24. The summed E-state index contributed by atoms with van der Waals surface area (Å²) >= 11 is 0. The smallest absolute Gasteiger partial charge is 0.313 e. The quantitative estimate of drug-likeness (QED) is 0.405. The Morgan fingerprint density at radius 2 is 1.03 bits per heavy atom. The van der Waals surface area contributed by atoms with Gasteiger partial charge in [-0.05, 0) is 83.1 Å². The number of carbonyl (C=O) groups is 4. The molecule has 0 N–H and O–H groups in total. The molecule has 0 aromatic carbocycles. The van der Waals surface area contributed by atoms with Gasteiger partial charge in [-0.3, -0.25) is 19.2 Å². The molecule has 1 aliphatic heterocycles. The molecule has 202 valence electrons. The van der Waals surface area contributed by atoms with Crippen molar-refractivity contribution < 1.29 is 42.9 Å². The molecule has 0 spiro atoms. The highest BCUT2D eigenvalue weighted by molar-refractivity contribution is 5.77. The number of hydrogen-bond acceptors (Lipinski definition) is 9.